The molecule has 0 atom stereocenters. The highest BCUT2D eigenvalue weighted by Crippen LogP contribution is 2.48. The van der Waals surface area contributed by atoms with Gasteiger partial charge in [-0.15, -0.1) is 0 Å². The van der Waals surface area contributed by atoms with E-state index >= 15 is 0 Å². The molecular formula is C52H35N5. The van der Waals surface area contributed by atoms with Crippen molar-refractivity contribution in [3.8, 4) is 45.3 Å². The van der Waals surface area contributed by atoms with Gasteiger partial charge in [0, 0.05) is 43.8 Å². The SMILES string of the molecule is C=C(/C=C\C=C(/C)c1ccccc1)c1nc(-c2ccccc2)nc(-n2c3ccccc3c3cc4c(cc32)-c2ccccc2-n2c3ccccc3c3cccc-4c32)n1. The average Bonchev–Trinajstić information content (AvgIpc) is 3.75. The van der Waals surface area contributed by atoms with Gasteiger partial charge in [0.25, 0.3) is 0 Å². The molecule has 0 aliphatic carbocycles. The lowest BCUT2D eigenvalue weighted by molar-refractivity contribution is 0.933. The van der Waals surface area contributed by atoms with Crippen LogP contribution >= 0.6 is 0 Å². The molecule has 11 rings (SSSR count). The van der Waals surface area contributed by atoms with Crippen LogP contribution in [0.3, 0.4) is 0 Å². The first kappa shape index (κ1) is 32.8. The summed E-state index contributed by atoms with van der Waals surface area (Å²) in [4.78, 5) is 15.4. The van der Waals surface area contributed by atoms with E-state index in [1.54, 1.807) is 0 Å². The molecule has 1 aliphatic heterocycles. The molecule has 10 aromatic rings. The molecule has 7 aromatic carbocycles. The van der Waals surface area contributed by atoms with Gasteiger partial charge in [0.2, 0.25) is 5.95 Å². The minimum Gasteiger partial charge on any atom is -0.308 e. The normalized spacial score (nSPS) is 12.4. The van der Waals surface area contributed by atoms with Crippen molar-refractivity contribution in [3.05, 3.63) is 200 Å². The number of aromatic nitrogens is 5. The predicted octanol–water partition coefficient (Wildman–Crippen LogP) is 13.1. The number of para-hydroxylation sites is 4. The minimum absolute atomic E-state index is 0.518. The fraction of sp³-hybridized carbons (Fsp3) is 0.0192. The molecule has 3 aromatic heterocycles. The molecule has 5 heteroatoms. The number of nitrogens with zero attached hydrogens (tertiary/aromatic N) is 5. The van der Waals surface area contributed by atoms with Gasteiger partial charge in [0.05, 0.1) is 27.8 Å². The lowest BCUT2D eigenvalue weighted by Crippen LogP contribution is -2.07. The number of hydrogen-bond donors (Lipinski definition) is 0. The Labute approximate surface area is 329 Å². The van der Waals surface area contributed by atoms with Crippen LogP contribution in [0.25, 0.3) is 100 Å². The maximum Gasteiger partial charge on any atom is 0.238 e. The fourth-order valence-electron chi connectivity index (χ4n) is 8.56. The Kier molecular flexibility index (Phi) is 7.47. The van der Waals surface area contributed by atoms with Crippen molar-refractivity contribution in [1.29, 1.82) is 0 Å². The van der Waals surface area contributed by atoms with Crippen LogP contribution in [0.2, 0.25) is 0 Å². The molecule has 0 spiro atoms. The monoisotopic (exact) mass is 729 g/mol. The van der Waals surface area contributed by atoms with Crippen molar-refractivity contribution in [3.63, 3.8) is 0 Å². The molecule has 1 aliphatic rings. The second-order valence-electron chi connectivity index (χ2n) is 14.6. The van der Waals surface area contributed by atoms with E-state index in [2.05, 4.69) is 156 Å². The summed E-state index contributed by atoms with van der Waals surface area (Å²) in [6.45, 7) is 6.55. The molecule has 0 N–H and O–H groups in total. The van der Waals surface area contributed by atoms with Gasteiger partial charge >= 0.3 is 0 Å². The largest absolute Gasteiger partial charge is 0.308 e. The first-order valence-corrected chi connectivity index (χ1v) is 19.2. The summed E-state index contributed by atoms with van der Waals surface area (Å²) in [6.07, 6.45) is 6.09. The molecule has 0 fully saturated rings. The molecule has 0 saturated heterocycles. The van der Waals surface area contributed by atoms with E-state index in [1.165, 1.54) is 44.1 Å². The van der Waals surface area contributed by atoms with Gasteiger partial charge < -0.3 is 4.57 Å². The number of allylic oxidation sites excluding steroid dienone is 5. The summed E-state index contributed by atoms with van der Waals surface area (Å²) in [5.74, 6) is 1.65. The average molecular weight is 730 g/mol. The molecule has 0 radical (unpaired) electrons. The van der Waals surface area contributed by atoms with Crippen LogP contribution in [0.4, 0.5) is 0 Å². The van der Waals surface area contributed by atoms with E-state index in [4.69, 9.17) is 15.0 Å². The molecule has 0 bridgehead atoms. The van der Waals surface area contributed by atoms with E-state index < -0.39 is 0 Å². The standard InChI is InChI=1S/C52H35N5/c1-33(35-19-5-3-6-20-35)17-15-18-34(2)50-53-51(36-21-7-4-8-22-36)55-52(54-50)57-47-30-14-11-25-39(47)44-31-42-41-27-16-26-40-37-23-9-12-28-45(37)56(49(40)41)46-29-13-10-24-38(46)43(42)32-48(44)57/h3-32H,2H2,1H3/b18-15-,33-17+. The number of hydrogen-bond acceptors (Lipinski definition) is 3. The van der Waals surface area contributed by atoms with Crippen LogP contribution in [0, 0.1) is 0 Å². The van der Waals surface area contributed by atoms with Crippen LogP contribution in [0.5, 0.6) is 0 Å². The Morgan fingerprint density at radius 1 is 0.526 bits per heavy atom. The van der Waals surface area contributed by atoms with Crippen molar-refractivity contribution in [2.45, 2.75) is 6.92 Å². The molecule has 268 valence electrons. The first-order valence-electron chi connectivity index (χ1n) is 19.2. The van der Waals surface area contributed by atoms with Crippen LogP contribution in [0.1, 0.15) is 18.3 Å². The van der Waals surface area contributed by atoms with E-state index in [-0.39, 0.29) is 0 Å². The number of fused-ring (bicyclic) bond motifs is 11. The molecule has 0 unspecified atom stereocenters. The van der Waals surface area contributed by atoms with Gasteiger partial charge in [-0.1, -0.05) is 158 Å². The van der Waals surface area contributed by atoms with Gasteiger partial charge in [-0.3, -0.25) is 4.57 Å². The van der Waals surface area contributed by atoms with Crippen LogP contribution < -0.4 is 0 Å². The van der Waals surface area contributed by atoms with Gasteiger partial charge in [-0.2, -0.15) is 9.97 Å². The third-order valence-corrected chi connectivity index (χ3v) is 11.2. The lowest BCUT2D eigenvalue weighted by atomic mass is 9.92. The Bertz CT molecular complexity index is 3310. The summed E-state index contributed by atoms with van der Waals surface area (Å²) in [6, 6.07) is 58.0. The van der Waals surface area contributed by atoms with Crippen molar-refractivity contribution in [1.82, 2.24) is 24.1 Å². The summed E-state index contributed by atoms with van der Waals surface area (Å²) in [5.41, 5.74) is 14.3. The second kappa shape index (κ2) is 13.0. The predicted molar refractivity (Wildman–Crippen MR) is 237 cm³/mol. The number of benzene rings is 7. The Hall–Kier alpha value is -7.63. The van der Waals surface area contributed by atoms with E-state index in [1.807, 2.05) is 48.6 Å². The first-order chi connectivity index (χ1) is 28.1. The number of rotatable bonds is 6. The van der Waals surface area contributed by atoms with Crippen molar-refractivity contribution in [2.24, 2.45) is 0 Å². The highest BCUT2D eigenvalue weighted by atomic mass is 15.2. The van der Waals surface area contributed by atoms with E-state index in [0.717, 1.165) is 44.2 Å². The van der Waals surface area contributed by atoms with Gasteiger partial charge in [-0.25, -0.2) is 4.98 Å². The van der Waals surface area contributed by atoms with Crippen LogP contribution in [-0.4, -0.2) is 24.1 Å². The molecule has 57 heavy (non-hydrogen) atoms. The molecule has 0 amide bonds. The molecule has 5 nitrogen and oxygen atoms in total. The molecular weight excluding hydrogens is 695 g/mol. The zero-order chi connectivity index (χ0) is 38.0. The molecule has 0 saturated carbocycles. The van der Waals surface area contributed by atoms with Crippen molar-refractivity contribution in [2.75, 3.05) is 0 Å². The highest BCUT2D eigenvalue weighted by Gasteiger charge is 2.26. The van der Waals surface area contributed by atoms with E-state index in [9.17, 15) is 0 Å². The zero-order valence-corrected chi connectivity index (χ0v) is 31.3. The Morgan fingerprint density at radius 3 is 1.96 bits per heavy atom. The summed E-state index contributed by atoms with van der Waals surface area (Å²) < 4.78 is 4.65. The zero-order valence-electron chi connectivity index (χ0n) is 31.3. The second-order valence-corrected chi connectivity index (χ2v) is 14.6. The Morgan fingerprint density at radius 2 is 1.16 bits per heavy atom. The quantitative estimate of drug-likeness (QED) is 0.160. The highest BCUT2D eigenvalue weighted by molar-refractivity contribution is 6.19. The topological polar surface area (TPSA) is 48.5 Å². The summed E-state index contributed by atoms with van der Waals surface area (Å²) >= 11 is 0. The van der Waals surface area contributed by atoms with Gasteiger partial charge in [-0.05, 0) is 59.5 Å². The van der Waals surface area contributed by atoms with E-state index in [0.29, 0.717) is 23.2 Å². The smallest absolute Gasteiger partial charge is 0.238 e. The third kappa shape index (κ3) is 5.20. The minimum atomic E-state index is 0.518. The third-order valence-electron chi connectivity index (χ3n) is 11.2. The fourth-order valence-corrected chi connectivity index (χ4v) is 8.56. The molecule has 4 heterocycles. The van der Waals surface area contributed by atoms with Crippen LogP contribution in [0.15, 0.2) is 189 Å². The lowest BCUT2D eigenvalue weighted by Gasteiger charge is -2.14. The summed E-state index contributed by atoms with van der Waals surface area (Å²) in [5, 5.41) is 4.76. The maximum atomic E-state index is 5.20. The van der Waals surface area contributed by atoms with Gasteiger partial charge in [0.15, 0.2) is 11.6 Å². The van der Waals surface area contributed by atoms with Crippen LogP contribution in [-0.2, 0) is 0 Å². The van der Waals surface area contributed by atoms with Crippen molar-refractivity contribution < 1.29 is 0 Å². The summed E-state index contributed by atoms with van der Waals surface area (Å²) in [7, 11) is 0. The van der Waals surface area contributed by atoms with Crippen molar-refractivity contribution >= 4 is 54.8 Å². The maximum absolute atomic E-state index is 5.20. The Balaban J connectivity index is 1.16. The van der Waals surface area contributed by atoms with Gasteiger partial charge in [0.1, 0.15) is 0 Å².